The van der Waals surface area contributed by atoms with E-state index in [1.807, 2.05) is 0 Å². The summed E-state index contributed by atoms with van der Waals surface area (Å²) in [6.45, 7) is 0.581. The fourth-order valence-corrected chi connectivity index (χ4v) is 0.307. The molecule has 0 heterocycles. The average Bonchev–Trinajstić information content (AvgIpc) is 1.83. The third kappa shape index (κ3) is 3.49. The van der Waals surface area contributed by atoms with E-state index >= 15 is 0 Å². The zero-order valence-electron chi connectivity index (χ0n) is 4.81. The van der Waals surface area contributed by atoms with Gasteiger partial charge in [-0.1, -0.05) is 0 Å². The van der Waals surface area contributed by atoms with Crippen LogP contribution in [-0.2, 0) is 9.59 Å². The Morgan fingerprint density at radius 1 is 1.75 bits per heavy atom. The summed E-state index contributed by atoms with van der Waals surface area (Å²) in [6.07, 6.45) is 0.650. The molecule has 0 spiro atoms. The van der Waals surface area contributed by atoms with Crippen molar-refractivity contribution in [3.63, 3.8) is 0 Å². The molecule has 1 N–H and O–H groups in total. The number of hydrogen-bond acceptors (Lipinski definition) is 3. The second-order valence-electron chi connectivity index (χ2n) is 1.44. The van der Waals surface area contributed by atoms with Gasteiger partial charge < -0.3 is 5.32 Å². The van der Waals surface area contributed by atoms with Gasteiger partial charge in [0, 0.05) is 13.0 Å². The third-order valence-electron chi connectivity index (χ3n) is 0.753. The van der Waals surface area contributed by atoms with E-state index in [0.29, 0.717) is 19.3 Å². The van der Waals surface area contributed by atoms with Crippen LogP contribution in [0.2, 0.25) is 0 Å². The van der Waals surface area contributed by atoms with Crippen LogP contribution in [0.15, 0.2) is 0 Å². The molecule has 0 saturated heterocycles. The highest BCUT2D eigenvalue weighted by Crippen LogP contribution is 1.73. The maximum Gasteiger partial charge on any atom is 0.196 e. The van der Waals surface area contributed by atoms with Crippen LogP contribution in [0.1, 0.15) is 6.42 Å². The Hall–Kier alpha value is -0.700. The van der Waals surface area contributed by atoms with Crippen LogP contribution < -0.4 is 5.32 Å². The summed E-state index contributed by atoms with van der Waals surface area (Å²) >= 11 is 0. The van der Waals surface area contributed by atoms with Crippen molar-refractivity contribution in [2.24, 2.45) is 0 Å². The number of carbonyl (C=O) groups is 2. The predicted octanol–water partition coefficient (Wildman–Crippen LogP) is -0.636. The lowest BCUT2D eigenvalue weighted by Gasteiger charge is -1.89. The Morgan fingerprint density at radius 2 is 2.38 bits per heavy atom. The summed E-state index contributed by atoms with van der Waals surface area (Å²) in [6, 6.07) is 0. The SMILES string of the molecule is CNCCC(=O)C=O. The molecule has 0 aliphatic heterocycles. The van der Waals surface area contributed by atoms with E-state index in [4.69, 9.17) is 0 Å². The molecule has 0 aromatic heterocycles. The molecule has 0 aromatic carbocycles. The predicted molar refractivity (Wildman–Crippen MR) is 29.6 cm³/mol. The van der Waals surface area contributed by atoms with Gasteiger partial charge in [0.05, 0.1) is 0 Å². The van der Waals surface area contributed by atoms with E-state index in [0.717, 1.165) is 0 Å². The first-order valence-corrected chi connectivity index (χ1v) is 2.44. The molecule has 0 fully saturated rings. The van der Waals surface area contributed by atoms with Gasteiger partial charge in [-0.25, -0.2) is 0 Å². The first-order valence-electron chi connectivity index (χ1n) is 2.44. The van der Waals surface area contributed by atoms with Crippen LogP contribution in [-0.4, -0.2) is 25.7 Å². The number of ketones is 1. The second-order valence-corrected chi connectivity index (χ2v) is 1.44. The molecule has 0 radical (unpaired) electrons. The van der Waals surface area contributed by atoms with E-state index < -0.39 is 0 Å². The molecule has 46 valence electrons. The van der Waals surface area contributed by atoms with E-state index in [1.54, 1.807) is 7.05 Å². The van der Waals surface area contributed by atoms with Crippen molar-refractivity contribution in [1.29, 1.82) is 0 Å². The maximum atomic E-state index is 10.2. The van der Waals surface area contributed by atoms with Gasteiger partial charge in [0.2, 0.25) is 0 Å². The number of Topliss-reactive ketones (excluding diaryl/α,β-unsaturated/α-hetero) is 1. The molecule has 0 rings (SSSR count). The number of nitrogens with one attached hydrogen (secondary N) is 1. The van der Waals surface area contributed by atoms with Crippen molar-refractivity contribution in [3.05, 3.63) is 0 Å². The first-order chi connectivity index (χ1) is 3.81. The molecule has 0 bridgehead atoms. The Morgan fingerprint density at radius 3 is 2.75 bits per heavy atom. The van der Waals surface area contributed by atoms with Gasteiger partial charge in [-0.3, -0.25) is 9.59 Å². The highest BCUT2D eigenvalue weighted by molar-refractivity contribution is 6.24. The largest absolute Gasteiger partial charge is 0.319 e. The molecule has 3 nitrogen and oxygen atoms in total. The van der Waals surface area contributed by atoms with Crippen molar-refractivity contribution >= 4 is 12.1 Å². The first kappa shape index (κ1) is 7.30. The number of carbonyl (C=O) groups excluding carboxylic acids is 2. The van der Waals surface area contributed by atoms with E-state index in [2.05, 4.69) is 5.32 Å². The lowest BCUT2D eigenvalue weighted by molar-refractivity contribution is -0.129. The monoisotopic (exact) mass is 115 g/mol. The van der Waals surface area contributed by atoms with Gasteiger partial charge in [0.15, 0.2) is 12.1 Å². The van der Waals surface area contributed by atoms with E-state index in [1.165, 1.54) is 0 Å². The molecule has 0 saturated carbocycles. The lowest BCUT2D eigenvalue weighted by Crippen LogP contribution is -2.13. The van der Waals surface area contributed by atoms with Crippen LogP contribution in [0.25, 0.3) is 0 Å². The zero-order chi connectivity index (χ0) is 6.41. The fourth-order valence-electron chi connectivity index (χ4n) is 0.307. The number of hydrogen-bond donors (Lipinski definition) is 1. The minimum absolute atomic E-state index is 0.306. The van der Waals surface area contributed by atoms with Crippen LogP contribution in [0.5, 0.6) is 0 Å². The molecule has 0 aliphatic rings. The molecule has 3 heteroatoms. The van der Waals surface area contributed by atoms with Gasteiger partial charge in [-0.2, -0.15) is 0 Å². The maximum absolute atomic E-state index is 10.2. The van der Waals surface area contributed by atoms with Gasteiger partial charge in [0.1, 0.15) is 0 Å². The highest BCUT2D eigenvalue weighted by atomic mass is 16.2. The van der Waals surface area contributed by atoms with E-state index in [-0.39, 0.29) is 5.78 Å². The van der Waals surface area contributed by atoms with Crippen molar-refractivity contribution in [1.82, 2.24) is 5.32 Å². The third-order valence-corrected chi connectivity index (χ3v) is 0.753. The minimum Gasteiger partial charge on any atom is -0.319 e. The summed E-state index contributed by atoms with van der Waals surface area (Å²) < 4.78 is 0. The van der Waals surface area contributed by atoms with E-state index in [9.17, 15) is 9.59 Å². The van der Waals surface area contributed by atoms with Gasteiger partial charge in [-0.15, -0.1) is 0 Å². The molecular formula is C5H9NO2. The highest BCUT2D eigenvalue weighted by Gasteiger charge is 1.94. The van der Waals surface area contributed by atoms with Crippen LogP contribution in [0.3, 0.4) is 0 Å². The quantitative estimate of drug-likeness (QED) is 0.391. The van der Waals surface area contributed by atoms with Crippen molar-refractivity contribution in [3.8, 4) is 0 Å². The summed E-state index contributed by atoms with van der Waals surface area (Å²) in [4.78, 5) is 19.8. The molecule has 0 aromatic rings. The van der Waals surface area contributed by atoms with Gasteiger partial charge in [-0.05, 0) is 7.05 Å². The number of rotatable bonds is 4. The van der Waals surface area contributed by atoms with Crippen molar-refractivity contribution in [2.45, 2.75) is 6.42 Å². The molecule has 0 aliphatic carbocycles. The Balaban J connectivity index is 3.11. The summed E-state index contributed by atoms with van der Waals surface area (Å²) in [5.41, 5.74) is 0. The standard InChI is InChI=1S/C5H9NO2/c1-6-3-2-5(8)4-7/h4,6H,2-3H2,1H3. The molecule has 0 atom stereocenters. The average molecular weight is 115 g/mol. The Labute approximate surface area is 48.1 Å². The molecular weight excluding hydrogens is 106 g/mol. The summed E-state index contributed by atoms with van der Waals surface area (Å²) in [7, 11) is 1.73. The van der Waals surface area contributed by atoms with Gasteiger partial charge >= 0.3 is 0 Å². The number of aldehydes is 1. The van der Waals surface area contributed by atoms with Crippen LogP contribution in [0, 0.1) is 0 Å². The second kappa shape index (κ2) is 4.46. The topological polar surface area (TPSA) is 46.2 Å². The Bertz CT molecular complexity index is 90.4. The van der Waals surface area contributed by atoms with Gasteiger partial charge in [0.25, 0.3) is 0 Å². The minimum atomic E-state index is -0.348. The van der Waals surface area contributed by atoms with Crippen LogP contribution in [0.4, 0.5) is 0 Å². The summed E-state index contributed by atoms with van der Waals surface area (Å²) in [5, 5.41) is 2.75. The van der Waals surface area contributed by atoms with Crippen LogP contribution >= 0.6 is 0 Å². The lowest BCUT2D eigenvalue weighted by atomic mass is 10.3. The fraction of sp³-hybridized carbons (Fsp3) is 0.600. The van der Waals surface area contributed by atoms with Crippen molar-refractivity contribution in [2.75, 3.05) is 13.6 Å². The molecule has 0 unspecified atom stereocenters. The summed E-state index contributed by atoms with van der Waals surface area (Å²) in [5.74, 6) is -0.348. The van der Waals surface area contributed by atoms with Crippen molar-refractivity contribution < 1.29 is 9.59 Å². The molecule has 8 heavy (non-hydrogen) atoms. The smallest absolute Gasteiger partial charge is 0.196 e. The molecule has 0 amide bonds. The normalized spacial score (nSPS) is 8.62. The zero-order valence-corrected chi connectivity index (χ0v) is 4.81. The Kier molecular flexibility index (Phi) is 4.07.